The molecule has 1 unspecified atom stereocenters. The van der Waals surface area contributed by atoms with E-state index in [0.29, 0.717) is 16.5 Å². The SMILES string of the molecule is COc1ccc(C2=NN(C3=NC(=O)/C(=C/c4ccccc4C)S3)C(c3ccc(N(C)C)cc3)C2)cc1. The van der Waals surface area contributed by atoms with E-state index < -0.39 is 0 Å². The molecule has 0 fully saturated rings. The summed E-state index contributed by atoms with van der Waals surface area (Å²) in [5.41, 5.74) is 6.37. The molecule has 0 radical (unpaired) electrons. The smallest absolute Gasteiger partial charge is 0.286 e. The van der Waals surface area contributed by atoms with Gasteiger partial charge in [-0.15, -0.1) is 0 Å². The molecular weight excluding hydrogens is 468 g/mol. The van der Waals surface area contributed by atoms with Crippen LogP contribution in [0.2, 0.25) is 0 Å². The summed E-state index contributed by atoms with van der Waals surface area (Å²) >= 11 is 1.38. The van der Waals surface area contributed by atoms with Crippen LogP contribution in [-0.4, -0.2) is 43.0 Å². The molecule has 6 nitrogen and oxygen atoms in total. The minimum absolute atomic E-state index is 0.0600. The summed E-state index contributed by atoms with van der Waals surface area (Å²) in [4.78, 5) is 20.0. The molecule has 2 heterocycles. The van der Waals surface area contributed by atoms with Crippen LogP contribution in [0.25, 0.3) is 6.08 Å². The summed E-state index contributed by atoms with van der Waals surface area (Å²) in [5, 5.41) is 7.48. The Hall–Kier alpha value is -3.84. The topological polar surface area (TPSA) is 57.5 Å². The number of aliphatic imine (C=N–C) groups is 1. The van der Waals surface area contributed by atoms with Crippen LogP contribution in [0.15, 0.2) is 87.8 Å². The van der Waals surface area contributed by atoms with Crippen LogP contribution in [0, 0.1) is 6.92 Å². The lowest BCUT2D eigenvalue weighted by molar-refractivity contribution is -0.113. The normalized spacial score (nSPS) is 18.4. The van der Waals surface area contributed by atoms with Crippen LogP contribution < -0.4 is 9.64 Å². The van der Waals surface area contributed by atoms with Gasteiger partial charge < -0.3 is 9.64 Å². The highest BCUT2D eigenvalue weighted by atomic mass is 32.2. The highest BCUT2D eigenvalue weighted by Gasteiger charge is 2.36. The van der Waals surface area contributed by atoms with E-state index in [1.807, 2.05) is 80.6 Å². The van der Waals surface area contributed by atoms with E-state index in [9.17, 15) is 4.79 Å². The third kappa shape index (κ3) is 4.79. The van der Waals surface area contributed by atoms with Gasteiger partial charge in [0.1, 0.15) is 5.75 Å². The number of anilines is 1. The summed E-state index contributed by atoms with van der Waals surface area (Å²) in [6.07, 6.45) is 2.63. The average Bonchev–Trinajstić information content (AvgIpc) is 3.49. The molecule has 1 amide bonds. The minimum atomic E-state index is -0.229. The van der Waals surface area contributed by atoms with Crippen LogP contribution in [0.5, 0.6) is 5.75 Å². The zero-order valence-corrected chi connectivity index (χ0v) is 21.6. The number of hydrogen-bond acceptors (Lipinski definition) is 6. The van der Waals surface area contributed by atoms with Crippen LogP contribution in [0.4, 0.5) is 5.69 Å². The van der Waals surface area contributed by atoms with Crippen molar-refractivity contribution in [1.29, 1.82) is 0 Å². The predicted molar refractivity (Wildman–Crippen MR) is 149 cm³/mol. The van der Waals surface area contributed by atoms with Gasteiger partial charge in [0.2, 0.25) is 0 Å². The minimum Gasteiger partial charge on any atom is -0.497 e. The Labute approximate surface area is 216 Å². The monoisotopic (exact) mass is 496 g/mol. The van der Waals surface area contributed by atoms with E-state index in [4.69, 9.17) is 9.84 Å². The summed E-state index contributed by atoms with van der Waals surface area (Å²) in [6, 6.07) is 24.4. The lowest BCUT2D eigenvalue weighted by atomic mass is 9.98. The first-order chi connectivity index (χ1) is 17.4. The second-order valence-electron chi connectivity index (χ2n) is 8.99. The number of hydrazone groups is 1. The Bertz CT molecular complexity index is 1380. The van der Waals surface area contributed by atoms with Crippen molar-refractivity contribution in [3.05, 3.63) is 100.0 Å². The van der Waals surface area contributed by atoms with Gasteiger partial charge in [-0.05, 0) is 83.4 Å². The molecule has 2 aliphatic heterocycles. The summed E-state index contributed by atoms with van der Waals surface area (Å²) in [6.45, 7) is 2.04. The molecule has 0 bridgehead atoms. The quantitative estimate of drug-likeness (QED) is 0.412. The Morgan fingerprint density at radius 3 is 2.42 bits per heavy atom. The number of methoxy groups -OCH3 is 1. The fourth-order valence-electron chi connectivity index (χ4n) is 4.28. The third-order valence-electron chi connectivity index (χ3n) is 6.41. The molecule has 0 saturated carbocycles. The number of ether oxygens (including phenoxy) is 1. The van der Waals surface area contributed by atoms with Gasteiger partial charge in [-0.2, -0.15) is 10.1 Å². The lowest BCUT2D eigenvalue weighted by Crippen LogP contribution is -2.23. The average molecular weight is 497 g/mol. The zero-order valence-electron chi connectivity index (χ0n) is 20.8. The molecule has 182 valence electrons. The lowest BCUT2D eigenvalue weighted by Gasteiger charge is -2.23. The third-order valence-corrected chi connectivity index (χ3v) is 7.38. The summed E-state index contributed by atoms with van der Waals surface area (Å²) in [5.74, 6) is 0.574. The Morgan fingerprint density at radius 2 is 1.75 bits per heavy atom. The Balaban J connectivity index is 1.48. The molecule has 1 atom stereocenters. The molecule has 0 spiro atoms. The van der Waals surface area contributed by atoms with Gasteiger partial charge in [0.15, 0.2) is 5.17 Å². The van der Waals surface area contributed by atoms with Crippen LogP contribution in [0.3, 0.4) is 0 Å². The first-order valence-electron chi connectivity index (χ1n) is 11.8. The van der Waals surface area contributed by atoms with Crippen molar-refractivity contribution in [2.45, 2.75) is 19.4 Å². The predicted octanol–water partition coefficient (Wildman–Crippen LogP) is 5.89. The number of aryl methyl sites for hydroxylation is 1. The first-order valence-corrected chi connectivity index (χ1v) is 12.6. The number of thioether (sulfide) groups is 1. The molecule has 0 aliphatic carbocycles. The number of rotatable bonds is 5. The largest absolute Gasteiger partial charge is 0.497 e. The van der Waals surface area contributed by atoms with E-state index in [1.54, 1.807) is 7.11 Å². The molecule has 0 aromatic heterocycles. The van der Waals surface area contributed by atoms with Crippen molar-refractivity contribution in [3.8, 4) is 5.75 Å². The zero-order chi connectivity index (χ0) is 25.2. The number of nitrogens with zero attached hydrogens (tertiary/aromatic N) is 4. The van der Waals surface area contributed by atoms with Gasteiger partial charge in [0.25, 0.3) is 5.91 Å². The summed E-state index contributed by atoms with van der Waals surface area (Å²) < 4.78 is 5.32. The van der Waals surface area contributed by atoms with Gasteiger partial charge in [0.05, 0.1) is 23.8 Å². The fraction of sp³-hybridized carbons (Fsp3) is 0.207. The first kappa shape index (κ1) is 23.9. The van der Waals surface area contributed by atoms with Crippen LogP contribution >= 0.6 is 11.8 Å². The van der Waals surface area contributed by atoms with Gasteiger partial charge >= 0.3 is 0 Å². The maximum atomic E-state index is 12.9. The van der Waals surface area contributed by atoms with Gasteiger partial charge in [0, 0.05) is 26.2 Å². The van der Waals surface area contributed by atoms with Crippen molar-refractivity contribution in [2.24, 2.45) is 10.1 Å². The molecule has 0 N–H and O–H groups in total. The molecule has 36 heavy (non-hydrogen) atoms. The van der Waals surface area contributed by atoms with E-state index in [1.165, 1.54) is 11.8 Å². The maximum Gasteiger partial charge on any atom is 0.286 e. The number of amidine groups is 1. The van der Waals surface area contributed by atoms with Crippen molar-refractivity contribution < 1.29 is 9.53 Å². The highest BCUT2D eigenvalue weighted by Crippen LogP contribution is 2.40. The van der Waals surface area contributed by atoms with Crippen molar-refractivity contribution in [2.75, 3.05) is 26.1 Å². The Morgan fingerprint density at radius 1 is 1.03 bits per heavy atom. The Kier molecular flexibility index (Phi) is 6.65. The van der Waals surface area contributed by atoms with Crippen molar-refractivity contribution in [1.82, 2.24) is 5.01 Å². The standard InChI is InChI=1S/C29H28N4O2S/c1-19-7-5-6-8-22(19)17-27-28(34)30-29(36-27)33-26(21-9-13-23(14-10-21)32(2)3)18-25(31-33)20-11-15-24(35-4)16-12-20/h5-17,26H,18H2,1-4H3/b27-17-. The maximum absolute atomic E-state index is 12.9. The second-order valence-corrected chi connectivity index (χ2v) is 10.0. The van der Waals surface area contributed by atoms with Crippen LogP contribution in [-0.2, 0) is 4.79 Å². The second kappa shape index (κ2) is 10.0. The van der Waals surface area contributed by atoms with Crippen LogP contribution in [0.1, 0.15) is 34.7 Å². The molecular formula is C29H28N4O2S. The molecule has 0 saturated heterocycles. The van der Waals surface area contributed by atoms with Crippen molar-refractivity contribution >= 4 is 40.3 Å². The number of amides is 1. The van der Waals surface area contributed by atoms with Gasteiger partial charge in [-0.1, -0.05) is 36.4 Å². The van der Waals surface area contributed by atoms with E-state index in [2.05, 4.69) is 34.2 Å². The van der Waals surface area contributed by atoms with E-state index in [-0.39, 0.29) is 11.9 Å². The number of benzene rings is 3. The van der Waals surface area contributed by atoms with Gasteiger partial charge in [-0.25, -0.2) is 5.01 Å². The molecule has 3 aromatic carbocycles. The number of carbonyl (C=O) groups excluding carboxylic acids is 1. The summed E-state index contributed by atoms with van der Waals surface area (Å²) in [7, 11) is 5.71. The fourth-order valence-corrected chi connectivity index (χ4v) is 5.19. The highest BCUT2D eigenvalue weighted by molar-refractivity contribution is 8.18. The van der Waals surface area contributed by atoms with E-state index >= 15 is 0 Å². The van der Waals surface area contributed by atoms with Gasteiger partial charge in [-0.3, -0.25) is 4.79 Å². The van der Waals surface area contributed by atoms with Crippen molar-refractivity contribution in [3.63, 3.8) is 0 Å². The number of hydrogen-bond donors (Lipinski definition) is 0. The van der Waals surface area contributed by atoms with E-state index in [0.717, 1.165) is 39.4 Å². The number of carbonyl (C=O) groups is 1. The molecule has 7 heteroatoms. The molecule has 2 aliphatic rings. The molecule has 5 rings (SSSR count). The molecule has 3 aromatic rings.